The molecule has 1 aromatic rings. The van der Waals surface area contributed by atoms with Crippen LogP contribution in [0, 0.1) is 6.57 Å². The van der Waals surface area contributed by atoms with Gasteiger partial charge in [0.15, 0.2) is 0 Å². The van der Waals surface area contributed by atoms with Gasteiger partial charge in [-0.1, -0.05) is 39.0 Å². The molecule has 80 valence electrons. The quantitative estimate of drug-likeness (QED) is 0.601. The van der Waals surface area contributed by atoms with Crippen LogP contribution in [-0.4, -0.2) is 0 Å². The Bertz CT molecular complexity index is 389. The molecule has 0 N–H and O–H groups in total. The highest BCUT2D eigenvalue weighted by atomic mass is 14.8. The summed E-state index contributed by atoms with van der Waals surface area (Å²) in [7, 11) is 0. The number of benzene rings is 1. The zero-order chi connectivity index (χ0) is 11.7. The highest BCUT2D eigenvalue weighted by molar-refractivity contribution is 5.34. The summed E-state index contributed by atoms with van der Waals surface area (Å²) in [6.45, 7) is 17.7. The van der Waals surface area contributed by atoms with Gasteiger partial charge in [-0.2, -0.15) is 0 Å². The maximum absolute atomic E-state index is 7.19. The molecule has 0 aliphatic rings. The fraction of sp³-hybridized carbons (Fsp3) is 0.500. The second kappa shape index (κ2) is 3.70. The van der Waals surface area contributed by atoms with E-state index in [1.54, 1.807) is 0 Å². The number of rotatable bonds is 1. The molecule has 0 radical (unpaired) electrons. The molecule has 1 rings (SSSR count). The van der Waals surface area contributed by atoms with Gasteiger partial charge in [-0.25, -0.2) is 6.57 Å². The van der Waals surface area contributed by atoms with Crippen LogP contribution >= 0.6 is 0 Å². The van der Waals surface area contributed by atoms with Crippen LogP contribution in [0.15, 0.2) is 24.3 Å². The van der Waals surface area contributed by atoms with E-state index in [-0.39, 0.29) is 5.41 Å². The molecule has 1 nitrogen and oxygen atoms in total. The summed E-state index contributed by atoms with van der Waals surface area (Å²) in [6, 6.07) is 8.36. The molecule has 0 spiro atoms. The minimum absolute atomic E-state index is 0.147. The molecule has 0 atom stereocenters. The van der Waals surface area contributed by atoms with Crippen molar-refractivity contribution in [2.24, 2.45) is 0 Å². The lowest BCUT2D eigenvalue weighted by Gasteiger charge is -2.21. The summed E-state index contributed by atoms with van der Waals surface area (Å²) in [6.07, 6.45) is 0. The van der Waals surface area contributed by atoms with Gasteiger partial charge in [0.05, 0.1) is 0 Å². The molecule has 0 aliphatic heterocycles. The Kier molecular flexibility index (Phi) is 2.90. The van der Waals surface area contributed by atoms with E-state index in [0.717, 1.165) is 5.56 Å². The van der Waals surface area contributed by atoms with Crippen LogP contribution in [0.5, 0.6) is 0 Å². The van der Waals surface area contributed by atoms with Crippen molar-refractivity contribution in [3.63, 3.8) is 0 Å². The van der Waals surface area contributed by atoms with Crippen LogP contribution in [0.1, 0.15) is 45.7 Å². The SMILES string of the molecule is [C-]#[N+]C(C)(C)c1cccc(C(C)(C)C)c1. The minimum atomic E-state index is -0.415. The van der Waals surface area contributed by atoms with Gasteiger partial charge in [0.2, 0.25) is 0 Å². The predicted octanol–water partition coefficient (Wildman–Crippen LogP) is 4.14. The Hall–Kier alpha value is -1.29. The molecule has 0 heterocycles. The fourth-order valence-corrected chi connectivity index (χ4v) is 1.43. The van der Waals surface area contributed by atoms with Crippen LogP contribution < -0.4 is 0 Å². The van der Waals surface area contributed by atoms with Gasteiger partial charge >= 0.3 is 0 Å². The Morgan fingerprint density at radius 3 is 2.00 bits per heavy atom. The molecule has 1 aromatic carbocycles. The molecule has 0 fully saturated rings. The van der Waals surface area contributed by atoms with Crippen LogP contribution in [-0.2, 0) is 11.0 Å². The highest BCUT2D eigenvalue weighted by Crippen LogP contribution is 2.29. The zero-order valence-electron chi connectivity index (χ0n) is 10.3. The van der Waals surface area contributed by atoms with Gasteiger partial charge in [-0.05, 0) is 17.0 Å². The molecule has 1 heteroatoms. The van der Waals surface area contributed by atoms with E-state index in [2.05, 4.69) is 37.7 Å². The van der Waals surface area contributed by atoms with E-state index in [4.69, 9.17) is 6.57 Å². The van der Waals surface area contributed by atoms with E-state index in [1.165, 1.54) is 5.56 Å². The third-order valence-corrected chi connectivity index (χ3v) is 2.71. The fourth-order valence-electron chi connectivity index (χ4n) is 1.43. The first-order valence-electron chi connectivity index (χ1n) is 5.27. The normalized spacial score (nSPS) is 12.3. The molecule has 0 saturated carbocycles. The van der Waals surface area contributed by atoms with Crippen molar-refractivity contribution in [2.45, 2.75) is 45.6 Å². The highest BCUT2D eigenvalue weighted by Gasteiger charge is 2.27. The summed E-state index contributed by atoms with van der Waals surface area (Å²) in [5, 5.41) is 0. The van der Waals surface area contributed by atoms with Gasteiger partial charge in [0.1, 0.15) is 0 Å². The van der Waals surface area contributed by atoms with Crippen molar-refractivity contribution >= 4 is 0 Å². The second-order valence-corrected chi connectivity index (χ2v) is 5.50. The number of nitrogens with zero attached hydrogens (tertiary/aromatic N) is 1. The molecule has 0 amide bonds. The van der Waals surface area contributed by atoms with E-state index in [1.807, 2.05) is 26.0 Å². The third kappa shape index (κ3) is 2.59. The molecule has 0 unspecified atom stereocenters. The van der Waals surface area contributed by atoms with Crippen molar-refractivity contribution in [1.29, 1.82) is 0 Å². The number of hydrogen-bond acceptors (Lipinski definition) is 0. The summed E-state index contributed by atoms with van der Waals surface area (Å²) >= 11 is 0. The monoisotopic (exact) mass is 201 g/mol. The molecule has 0 saturated heterocycles. The van der Waals surface area contributed by atoms with Gasteiger partial charge in [0.25, 0.3) is 5.54 Å². The Morgan fingerprint density at radius 2 is 1.53 bits per heavy atom. The topological polar surface area (TPSA) is 4.36 Å². The lowest BCUT2D eigenvalue weighted by molar-refractivity contribution is 0.584. The van der Waals surface area contributed by atoms with Crippen molar-refractivity contribution in [2.75, 3.05) is 0 Å². The minimum Gasteiger partial charge on any atom is -0.306 e. The summed E-state index contributed by atoms with van der Waals surface area (Å²) in [5.74, 6) is 0. The van der Waals surface area contributed by atoms with Gasteiger partial charge in [-0.3, -0.25) is 0 Å². The van der Waals surface area contributed by atoms with Crippen molar-refractivity contribution in [3.05, 3.63) is 46.8 Å². The van der Waals surface area contributed by atoms with Crippen molar-refractivity contribution in [1.82, 2.24) is 0 Å². The maximum atomic E-state index is 7.19. The molecular weight excluding hydrogens is 182 g/mol. The van der Waals surface area contributed by atoms with Crippen LogP contribution in [0.3, 0.4) is 0 Å². The molecule has 15 heavy (non-hydrogen) atoms. The maximum Gasteiger partial charge on any atom is 0.252 e. The standard InChI is InChI=1S/C14H19N/c1-13(2,3)11-8-7-9-12(10-11)14(4,5)15-6/h7-10H,1-5H3. The zero-order valence-corrected chi connectivity index (χ0v) is 10.3. The van der Waals surface area contributed by atoms with Gasteiger partial charge in [0, 0.05) is 19.4 Å². The third-order valence-electron chi connectivity index (χ3n) is 2.71. The first-order chi connectivity index (χ1) is 6.77. The molecular formula is C14H19N. The molecule has 0 aliphatic carbocycles. The Balaban J connectivity index is 3.22. The average Bonchev–Trinajstić information content (AvgIpc) is 2.17. The molecule has 0 aromatic heterocycles. The van der Waals surface area contributed by atoms with E-state index < -0.39 is 5.54 Å². The lowest BCUT2D eigenvalue weighted by atomic mass is 9.83. The summed E-state index contributed by atoms with van der Waals surface area (Å²) < 4.78 is 0. The van der Waals surface area contributed by atoms with Crippen LogP contribution in [0.4, 0.5) is 0 Å². The largest absolute Gasteiger partial charge is 0.306 e. The van der Waals surface area contributed by atoms with Crippen LogP contribution in [0.2, 0.25) is 0 Å². The van der Waals surface area contributed by atoms with E-state index >= 15 is 0 Å². The summed E-state index contributed by atoms with van der Waals surface area (Å²) in [5.41, 5.74) is 2.12. The average molecular weight is 201 g/mol. The smallest absolute Gasteiger partial charge is 0.252 e. The number of hydrogen-bond donors (Lipinski definition) is 0. The van der Waals surface area contributed by atoms with E-state index in [0.29, 0.717) is 0 Å². The summed E-state index contributed by atoms with van der Waals surface area (Å²) in [4.78, 5) is 3.66. The van der Waals surface area contributed by atoms with E-state index in [9.17, 15) is 0 Å². The van der Waals surface area contributed by atoms with Gasteiger partial charge in [-0.15, -0.1) is 0 Å². The first kappa shape index (κ1) is 11.8. The van der Waals surface area contributed by atoms with Gasteiger partial charge < -0.3 is 4.85 Å². The molecule has 0 bridgehead atoms. The Labute approximate surface area is 93.0 Å². The van der Waals surface area contributed by atoms with Crippen molar-refractivity contribution < 1.29 is 0 Å². The first-order valence-corrected chi connectivity index (χ1v) is 5.27. The lowest BCUT2D eigenvalue weighted by Crippen LogP contribution is -2.15. The van der Waals surface area contributed by atoms with Crippen LogP contribution in [0.25, 0.3) is 4.85 Å². The Morgan fingerprint density at radius 1 is 1.00 bits per heavy atom. The predicted molar refractivity (Wildman–Crippen MR) is 64.8 cm³/mol. The second-order valence-electron chi connectivity index (χ2n) is 5.50. The van der Waals surface area contributed by atoms with Crippen molar-refractivity contribution in [3.8, 4) is 0 Å².